The molecule has 0 saturated heterocycles. The molecule has 1 saturated carbocycles. The summed E-state index contributed by atoms with van der Waals surface area (Å²) in [6.07, 6.45) is 31.2. The number of aliphatic hydroxyl groups is 5. The molecule has 1 aliphatic rings. The van der Waals surface area contributed by atoms with Crippen LogP contribution < -0.4 is 0 Å². The van der Waals surface area contributed by atoms with Gasteiger partial charge in [-0.25, -0.2) is 4.57 Å². The van der Waals surface area contributed by atoms with Crippen molar-refractivity contribution in [3.63, 3.8) is 0 Å². The number of aliphatic hydroxyl groups excluding tert-OH is 5. The molecule has 0 bridgehead atoms. The monoisotopic (exact) mass is 885 g/mol. The summed E-state index contributed by atoms with van der Waals surface area (Å²) in [6.45, 7) is 3.20. The van der Waals surface area contributed by atoms with Gasteiger partial charge in [-0.3, -0.25) is 18.6 Å². The summed E-state index contributed by atoms with van der Waals surface area (Å²) in [6, 6.07) is 0. The van der Waals surface area contributed by atoms with Crippen molar-refractivity contribution in [1.82, 2.24) is 0 Å². The van der Waals surface area contributed by atoms with Gasteiger partial charge in [-0.2, -0.15) is 0 Å². The van der Waals surface area contributed by atoms with E-state index in [-0.39, 0.29) is 12.8 Å². The van der Waals surface area contributed by atoms with Crippen LogP contribution >= 0.6 is 7.82 Å². The van der Waals surface area contributed by atoms with Gasteiger partial charge in [-0.1, -0.05) is 132 Å². The zero-order valence-corrected chi connectivity index (χ0v) is 38.1. The maximum Gasteiger partial charge on any atom is 0.472 e. The molecule has 0 aromatic rings. The molecule has 0 spiro atoms. The zero-order chi connectivity index (χ0) is 45.0. The normalized spacial score (nSPS) is 22.6. The predicted molar refractivity (Wildman–Crippen MR) is 239 cm³/mol. The molecule has 6 N–H and O–H groups in total. The van der Waals surface area contributed by atoms with E-state index in [4.69, 9.17) is 18.5 Å². The topological polar surface area (TPSA) is 210 Å². The Morgan fingerprint density at radius 2 is 0.885 bits per heavy atom. The molecule has 0 aromatic carbocycles. The minimum atomic E-state index is -5.13. The zero-order valence-electron chi connectivity index (χ0n) is 37.2. The van der Waals surface area contributed by atoms with Gasteiger partial charge in [0.1, 0.15) is 43.2 Å². The van der Waals surface area contributed by atoms with Crippen molar-refractivity contribution in [2.45, 2.75) is 211 Å². The number of allylic oxidation sites excluding steroid dienone is 10. The Bertz CT molecular complexity index is 1300. The number of unbranched alkanes of at least 4 members (excludes halogenated alkanes) is 15. The second-order valence-electron chi connectivity index (χ2n) is 15.9. The van der Waals surface area contributed by atoms with Crippen molar-refractivity contribution >= 4 is 19.8 Å². The highest BCUT2D eigenvalue weighted by Gasteiger charge is 2.51. The number of esters is 2. The molecule has 1 aliphatic carbocycles. The lowest BCUT2D eigenvalue weighted by atomic mass is 9.85. The van der Waals surface area contributed by atoms with Crippen LogP contribution in [0.4, 0.5) is 0 Å². The fourth-order valence-electron chi connectivity index (χ4n) is 6.56. The highest BCUT2D eigenvalue weighted by atomic mass is 31.2. The number of rotatable bonds is 37. The molecule has 6 unspecified atom stereocenters. The van der Waals surface area contributed by atoms with Crippen LogP contribution in [0.1, 0.15) is 168 Å². The van der Waals surface area contributed by atoms with Crippen molar-refractivity contribution < 1.29 is 63.1 Å². The summed E-state index contributed by atoms with van der Waals surface area (Å²) >= 11 is 0. The lowest BCUT2D eigenvalue weighted by molar-refractivity contribution is -0.220. The molecule has 0 amide bonds. The number of ether oxygens (including phenoxy) is 2. The number of carbonyl (C=O) groups is 2. The van der Waals surface area contributed by atoms with Crippen molar-refractivity contribution in [2.75, 3.05) is 13.2 Å². The molecule has 61 heavy (non-hydrogen) atoms. The molecule has 0 aliphatic heterocycles. The van der Waals surface area contributed by atoms with Crippen LogP contribution in [0, 0.1) is 0 Å². The van der Waals surface area contributed by atoms with E-state index < -0.39 is 75.7 Å². The van der Waals surface area contributed by atoms with Gasteiger partial charge in [0.05, 0.1) is 6.61 Å². The highest BCUT2D eigenvalue weighted by Crippen LogP contribution is 2.47. The lowest BCUT2D eigenvalue weighted by Gasteiger charge is -2.41. The second-order valence-corrected chi connectivity index (χ2v) is 17.3. The molecule has 0 aromatic heterocycles. The van der Waals surface area contributed by atoms with E-state index in [1.807, 2.05) is 0 Å². The largest absolute Gasteiger partial charge is 0.472 e. The summed E-state index contributed by atoms with van der Waals surface area (Å²) < 4.78 is 33.5. The molecular weight excluding hydrogens is 803 g/mol. The van der Waals surface area contributed by atoms with E-state index >= 15 is 0 Å². The highest BCUT2D eigenvalue weighted by molar-refractivity contribution is 7.47. The number of hydrogen-bond donors (Lipinski definition) is 6. The van der Waals surface area contributed by atoms with Crippen LogP contribution in [0.25, 0.3) is 0 Å². The standard InChI is InChI=1S/C47H81O13P/c1-3-5-7-9-11-13-15-17-19-20-22-24-26-28-30-32-34-36-41(49)59-39(38-58-61(55,56)60-47-45(53)43(51)42(50)44(52)46(47)54)37-57-40(48)35-33-31-29-27-25-23-21-18-16-14-12-10-8-6-4-2/h11-14,17-19,21-22,24,39,42-47,50-54H,3-10,15-16,20,23,25-38H2,1-2H3,(H,55,56)/b13-11+,14-12+,19-17+,21-18+,24-22+/t39-,42?,43+,44?,45?,46?,47?/m1/s1. The van der Waals surface area contributed by atoms with E-state index in [0.717, 1.165) is 89.9 Å². The van der Waals surface area contributed by atoms with Crippen LogP contribution in [0.5, 0.6) is 0 Å². The van der Waals surface area contributed by atoms with Gasteiger partial charge in [0, 0.05) is 12.8 Å². The van der Waals surface area contributed by atoms with Crippen molar-refractivity contribution in [1.29, 1.82) is 0 Å². The average molecular weight is 885 g/mol. The SMILES string of the molecule is CCCCC/C=C/C/C=C/C/C=C/CCCCCCC(=O)O[C@H](COC(=O)CCCCCCC/C=C/C/C=C/CCCCC)COP(=O)(O)OC1C(O)C(O)C(O)[C@H](O)C1O. The molecule has 8 atom stereocenters. The Hall–Kier alpha value is -2.45. The summed E-state index contributed by atoms with van der Waals surface area (Å²) in [5.74, 6) is -1.14. The molecule has 13 nitrogen and oxygen atoms in total. The summed E-state index contributed by atoms with van der Waals surface area (Å²) in [5, 5.41) is 50.1. The fourth-order valence-corrected chi connectivity index (χ4v) is 7.53. The van der Waals surface area contributed by atoms with Gasteiger partial charge >= 0.3 is 19.8 Å². The minimum Gasteiger partial charge on any atom is -0.462 e. The van der Waals surface area contributed by atoms with Crippen LogP contribution in [0.2, 0.25) is 0 Å². The number of carbonyl (C=O) groups excluding carboxylic acids is 2. The van der Waals surface area contributed by atoms with Gasteiger partial charge in [-0.15, -0.1) is 0 Å². The third-order valence-corrected chi connectivity index (χ3v) is 11.3. The molecule has 1 rings (SSSR count). The smallest absolute Gasteiger partial charge is 0.462 e. The number of hydrogen-bond acceptors (Lipinski definition) is 12. The number of phosphoric ester groups is 1. The van der Waals surface area contributed by atoms with Crippen LogP contribution in [0.3, 0.4) is 0 Å². The van der Waals surface area contributed by atoms with E-state index in [1.54, 1.807) is 0 Å². The summed E-state index contributed by atoms with van der Waals surface area (Å²) in [4.78, 5) is 35.7. The summed E-state index contributed by atoms with van der Waals surface area (Å²) in [5.41, 5.74) is 0. The minimum absolute atomic E-state index is 0.0654. The van der Waals surface area contributed by atoms with Gasteiger partial charge in [0.15, 0.2) is 6.10 Å². The maximum absolute atomic E-state index is 12.8. The van der Waals surface area contributed by atoms with Crippen molar-refractivity contribution in [3.05, 3.63) is 60.8 Å². The Morgan fingerprint density at radius 1 is 0.508 bits per heavy atom. The Balaban J connectivity index is 2.50. The molecule has 1 fully saturated rings. The van der Waals surface area contributed by atoms with E-state index in [0.29, 0.717) is 12.8 Å². The fraction of sp³-hybridized carbons (Fsp3) is 0.745. The lowest BCUT2D eigenvalue weighted by Crippen LogP contribution is -2.64. The third-order valence-electron chi connectivity index (χ3n) is 10.3. The van der Waals surface area contributed by atoms with Crippen molar-refractivity contribution in [3.8, 4) is 0 Å². The van der Waals surface area contributed by atoms with Gasteiger partial charge in [0.25, 0.3) is 0 Å². The first-order valence-electron chi connectivity index (χ1n) is 23.1. The average Bonchev–Trinajstić information content (AvgIpc) is 3.24. The molecule has 352 valence electrons. The van der Waals surface area contributed by atoms with E-state index in [2.05, 4.69) is 74.6 Å². The predicted octanol–water partition coefficient (Wildman–Crippen LogP) is 8.94. The third kappa shape index (κ3) is 29.5. The molecule has 0 heterocycles. The van der Waals surface area contributed by atoms with Crippen LogP contribution in [0.15, 0.2) is 60.8 Å². The second kappa shape index (κ2) is 37.0. The van der Waals surface area contributed by atoms with Gasteiger partial charge in [0.2, 0.25) is 0 Å². The Labute approximate surface area is 366 Å². The first kappa shape index (κ1) is 56.6. The van der Waals surface area contributed by atoms with Crippen LogP contribution in [-0.4, -0.2) is 98.3 Å². The molecule has 0 radical (unpaired) electrons. The summed E-state index contributed by atoms with van der Waals surface area (Å²) in [7, 11) is -5.13. The van der Waals surface area contributed by atoms with Crippen LogP contribution in [-0.2, 0) is 32.7 Å². The van der Waals surface area contributed by atoms with Gasteiger partial charge < -0.3 is 39.9 Å². The van der Waals surface area contributed by atoms with Crippen molar-refractivity contribution in [2.24, 2.45) is 0 Å². The van der Waals surface area contributed by atoms with E-state index in [1.165, 1.54) is 38.5 Å². The quantitative estimate of drug-likeness (QED) is 0.0149. The maximum atomic E-state index is 12.8. The molecular formula is C47H81O13P. The Morgan fingerprint density at radius 3 is 1.34 bits per heavy atom. The van der Waals surface area contributed by atoms with E-state index in [9.17, 15) is 44.6 Å². The number of phosphoric acid groups is 1. The first-order chi connectivity index (χ1) is 29.4. The first-order valence-corrected chi connectivity index (χ1v) is 24.6. The molecule has 14 heteroatoms. The Kier molecular flexibility index (Phi) is 34.3. The van der Waals surface area contributed by atoms with Gasteiger partial charge in [-0.05, 0) is 83.5 Å².